The Balaban J connectivity index is 1.96. The number of rotatable bonds is 2. The summed E-state index contributed by atoms with van der Waals surface area (Å²) in [4.78, 5) is 12.0. The molecule has 0 saturated heterocycles. The zero-order valence-corrected chi connectivity index (χ0v) is 10.1. The Hall–Kier alpha value is -1.35. The fourth-order valence-corrected chi connectivity index (χ4v) is 2.31. The Morgan fingerprint density at radius 3 is 2.53 bits per heavy atom. The fourth-order valence-electron chi connectivity index (χ4n) is 2.31. The second kappa shape index (κ2) is 5.32. The van der Waals surface area contributed by atoms with E-state index in [2.05, 4.69) is 5.32 Å². The minimum Gasteiger partial charge on any atom is -0.393 e. The highest BCUT2D eigenvalue weighted by Gasteiger charge is 2.21. The van der Waals surface area contributed by atoms with Gasteiger partial charge in [-0.05, 0) is 44.2 Å². The summed E-state index contributed by atoms with van der Waals surface area (Å²) in [6, 6.07) is 7.82. The molecule has 0 spiro atoms. The van der Waals surface area contributed by atoms with E-state index in [0.29, 0.717) is 0 Å². The van der Waals surface area contributed by atoms with Gasteiger partial charge >= 0.3 is 0 Å². The Labute approximate surface area is 102 Å². The van der Waals surface area contributed by atoms with Gasteiger partial charge in [-0.1, -0.05) is 18.2 Å². The molecule has 1 fully saturated rings. The molecule has 0 radical (unpaired) electrons. The zero-order chi connectivity index (χ0) is 12.3. The minimum atomic E-state index is -0.179. The first-order valence-electron chi connectivity index (χ1n) is 6.21. The molecule has 0 aliphatic heterocycles. The molecule has 0 atom stereocenters. The van der Waals surface area contributed by atoms with Crippen LogP contribution in [-0.4, -0.2) is 23.2 Å². The second-order valence-corrected chi connectivity index (χ2v) is 4.79. The van der Waals surface area contributed by atoms with Crippen molar-refractivity contribution in [2.24, 2.45) is 0 Å². The monoisotopic (exact) mass is 233 g/mol. The van der Waals surface area contributed by atoms with Gasteiger partial charge in [0.15, 0.2) is 0 Å². The minimum absolute atomic E-state index is 0.00416. The molecule has 3 heteroatoms. The molecule has 2 N–H and O–H groups in total. The van der Waals surface area contributed by atoms with Gasteiger partial charge in [-0.15, -0.1) is 0 Å². The molecular weight excluding hydrogens is 214 g/mol. The van der Waals surface area contributed by atoms with E-state index in [1.54, 1.807) is 0 Å². The molecule has 0 bridgehead atoms. The van der Waals surface area contributed by atoms with Gasteiger partial charge in [0.1, 0.15) is 0 Å². The summed E-state index contributed by atoms with van der Waals surface area (Å²) in [7, 11) is 0. The average Bonchev–Trinajstić information content (AvgIpc) is 2.32. The molecule has 1 aromatic carbocycles. The Bertz CT molecular complexity index is 395. The van der Waals surface area contributed by atoms with Crippen molar-refractivity contribution in [3.05, 3.63) is 35.4 Å². The predicted octanol–water partition coefficient (Wildman–Crippen LogP) is 2.03. The zero-order valence-electron chi connectivity index (χ0n) is 10.1. The van der Waals surface area contributed by atoms with E-state index in [9.17, 15) is 9.90 Å². The topological polar surface area (TPSA) is 49.3 Å². The number of carbonyl (C=O) groups is 1. The van der Waals surface area contributed by atoms with Gasteiger partial charge in [0, 0.05) is 11.6 Å². The maximum absolute atomic E-state index is 12.0. The number of hydrogen-bond acceptors (Lipinski definition) is 2. The molecular formula is C14H19NO2. The van der Waals surface area contributed by atoms with Gasteiger partial charge in [-0.2, -0.15) is 0 Å². The highest BCUT2D eigenvalue weighted by atomic mass is 16.3. The number of aliphatic hydroxyl groups excluding tert-OH is 1. The Morgan fingerprint density at radius 2 is 1.88 bits per heavy atom. The third-order valence-corrected chi connectivity index (χ3v) is 3.42. The summed E-state index contributed by atoms with van der Waals surface area (Å²) in [5, 5.41) is 12.5. The molecule has 0 unspecified atom stereocenters. The first kappa shape index (κ1) is 12.1. The standard InChI is InChI=1S/C14H19NO2/c1-10-4-2-3-5-13(10)14(17)15-11-6-8-12(16)9-7-11/h2-5,11-12,16H,6-9H2,1H3,(H,15,17)/t11-,12-. The molecule has 1 aliphatic carbocycles. The number of hydrogen-bond donors (Lipinski definition) is 2. The number of amides is 1. The molecule has 2 rings (SSSR count). The molecule has 0 aromatic heterocycles. The lowest BCUT2D eigenvalue weighted by Crippen LogP contribution is -2.38. The summed E-state index contributed by atoms with van der Waals surface area (Å²) in [6.45, 7) is 1.94. The lowest BCUT2D eigenvalue weighted by Gasteiger charge is -2.26. The van der Waals surface area contributed by atoms with E-state index in [0.717, 1.165) is 36.8 Å². The molecule has 0 heterocycles. The first-order chi connectivity index (χ1) is 8.16. The lowest BCUT2D eigenvalue weighted by atomic mass is 9.93. The highest BCUT2D eigenvalue weighted by Crippen LogP contribution is 2.19. The number of nitrogens with one attached hydrogen (secondary N) is 1. The van der Waals surface area contributed by atoms with Crippen LogP contribution >= 0.6 is 0 Å². The summed E-state index contributed by atoms with van der Waals surface area (Å²) in [6.07, 6.45) is 3.15. The Kier molecular flexibility index (Phi) is 3.79. The number of aryl methyl sites for hydroxylation is 1. The van der Waals surface area contributed by atoms with Crippen LogP contribution in [0.3, 0.4) is 0 Å². The molecule has 1 saturated carbocycles. The van der Waals surface area contributed by atoms with Crippen LogP contribution in [0.15, 0.2) is 24.3 Å². The summed E-state index contributed by atoms with van der Waals surface area (Å²) in [5.41, 5.74) is 1.75. The van der Waals surface area contributed by atoms with Gasteiger partial charge in [0.05, 0.1) is 6.10 Å². The van der Waals surface area contributed by atoms with E-state index in [4.69, 9.17) is 0 Å². The van der Waals surface area contributed by atoms with E-state index in [-0.39, 0.29) is 18.1 Å². The molecule has 3 nitrogen and oxygen atoms in total. The van der Waals surface area contributed by atoms with Crippen LogP contribution < -0.4 is 5.32 Å². The third-order valence-electron chi connectivity index (χ3n) is 3.42. The summed E-state index contributed by atoms with van der Waals surface area (Å²) >= 11 is 0. The quantitative estimate of drug-likeness (QED) is 0.821. The molecule has 92 valence electrons. The van der Waals surface area contributed by atoms with Crippen LogP contribution in [0.2, 0.25) is 0 Å². The van der Waals surface area contributed by atoms with Crippen LogP contribution in [0, 0.1) is 6.92 Å². The molecule has 1 aliphatic rings. The normalized spacial score (nSPS) is 24.4. The van der Waals surface area contributed by atoms with Crippen LogP contribution in [0.25, 0.3) is 0 Å². The Morgan fingerprint density at radius 1 is 1.24 bits per heavy atom. The largest absolute Gasteiger partial charge is 0.393 e. The van der Waals surface area contributed by atoms with E-state index >= 15 is 0 Å². The van der Waals surface area contributed by atoms with Crippen molar-refractivity contribution < 1.29 is 9.90 Å². The SMILES string of the molecule is Cc1ccccc1C(=O)N[C@H]1CC[C@H](O)CC1. The van der Waals surface area contributed by atoms with Crippen molar-refractivity contribution >= 4 is 5.91 Å². The molecule has 1 aromatic rings. The van der Waals surface area contributed by atoms with Gasteiger partial charge in [-0.3, -0.25) is 4.79 Å². The van der Waals surface area contributed by atoms with E-state index in [1.165, 1.54) is 0 Å². The van der Waals surface area contributed by atoms with E-state index < -0.39 is 0 Å². The summed E-state index contributed by atoms with van der Waals surface area (Å²) < 4.78 is 0. The van der Waals surface area contributed by atoms with Crippen molar-refractivity contribution in [2.45, 2.75) is 44.8 Å². The molecule has 1 amide bonds. The fraction of sp³-hybridized carbons (Fsp3) is 0.500. The van der Waals surface area contributed by atoms with Crippen molar-refractivity contribution in [1.82, 2.24) is 5.32 Å². The van der Waals surface area contributed by atoms with Crippen LogP contribution in [0.4, 0.5) is 0 Å². The maximum Gasteiger partial charge on any atom is 0.251 e. The predicted molar refractivity (Wildman–Crippen MR) is 66.9 cm³/mol. The van der Waals surface area contributed by atoms with Crippen LogP contribution in [0.5, 0.6) is 0 Å². The maximum atomic E-state index is 12.0. The van der Waals surface area contributed by atoms with Gasteiger partial charge in [-0.25, -0.2) is 0 Å². The lowest BCUT2D eigenvalue weighted by molar-refractivity contribution is 0.0867. The first-order valence-corrected chi connectivity index (χ1v) is 6.21. The van der Waals surface area contributed by atoms with Gasteiger partial charge < -0.3 is 10.4 Å². The van der Waals surface area contributed by atoms with Crippen molar-refractivity contribution in [3.8, 4) is 0 Å². The van der Waals surface area contributed by atoms with Crippen LogP contribution in [0.1, 0.15) is 41.6 Å². The van der Waals surface area contributed by atoms with Gasteiger partial charge in [0.2, 0.25) is 0 Å². The summed E-state index contributed by atoms with van der Waals surface area (Å²) in [5.74, 6) is 0.00416. The smallest absolute Gasteiger partial charge is 0.251 e. The third kappa shape index (κ3) is 3.07. The van der Waals surface area contributed by atoms with Crippen molar-refractivity contribution in [3.63, 3.8) is 0 Å². The number of benzene rings is 1. The second-order valence-electron chi connectivity index (χ2n) is 4.79. The van der Waals surface area contributed by atoms with Crippen molar-refractivity contribution in [1.29, 1.82) is 0 Å². The number of carbonyl (C=O) groups excluding carboxylic acids is 1. The molecule has 17 heavy (non-hydrogen) atoms. The van der Waals surface area contributed by atoms with Gasteiger partial charge in [0.25, 0.3) is 5.91 Å². The van der Waals surface area contributed by atoms with E-state index in [1.807, 2.05) is 31.2 Å². The van der Waals surface area contributed by atoms with Crippen molar-refractivity contribution in [2.75, 3.05) is 0 Å². The van der Waals surface area contributed by atoms with Crippen LogP contribution in [-0.2, 0) is 0 Å². The average molecular weight is 233 g/mol. The highest BCUT2D eigenvalue weighted by molar-refractivity contribution is 5.95. The number of aliphatic hydroxyl groups is 1.